The van der Waals surface area contributed by atoms with Gasteiger partial charge in [0.2, 0.25) is 0 Å². The molecule has 0 saturated carbocycles. The maximum Gasteiger partial charge on any atom is 0.260 e. The number of aryl methyl sites for hydroxylation is 1. The maximum absolute atomic E-state index is 13.8. The number of carbonyl (C=O) groups excluding carboxylic acids is 1. The zero-order chi connectivity index (χ0) is 29.6. The molecule has 1 aliphatic heterocycles. The van der Waals surface area contributed by atoms with Crippen LogP contribution in [0.2, 0.25) is 10.8 Å². The summed E-state index contributed by atoms with van der Waals surface area (Å²) in [7, 11) is 56.3. The van der Waals surface area contributed by atoms with Gasteiger partial charge in [-0.3, -0.25) is 9.69 Å². The third kappa shape index (κ3) is 5.19. The monoisotopic (exact) mass is 510 g/mol. The summed E-state index contributed by atoms with van der Waals surface area (Å²) in [6, 6.07) is 6.69. The Kier molecular flexibility index (Phi) is 8.25. The Balaban J connectivity index is 1.84. The highest BCUT2D eigenvalue weighted by Gasteiger charge is 2.44. The van der Waals surface area contributed by atoms with E-state index < -0.39 is 21.5 Å². The van der Waals surface area contributed by atoms with Crippen LogP contribution in [0.3, 0.4) is 0 Å². The fraction of sp³-hybridized carbons (Fsp3) is 0.409. The molecule has 0 fully saturated rings. The lowest BCUT2D eigenvalue weighted by molar-refractivity contribution is 0.0996. The Bertz CT molecular complexity index is 1410. The van der Waals surface area contributed by atoms with Crippen LogP contribution in [-0.2, 0) is 19.6 Å². The van der Waals surface area contributed by atoms with E-state index in [0.717, 1.165) is 4.90 Å². The van der Waals surface area contributed by atoms with Gasteiger partial charge >= 0.3 is 0 Å². The average molecular weight is 509 g/mol. The number of amides is 1. The number of nitrogens with zero attached hydrogens (tertiary/aromatic N) is 7. The predicted octanol–water partition coefficient (Wildman–Crippen LogP) is -1.91. The Morgan fingerprint density at radius 1 is 1.10 bits per heavy atom. The molecule has 40 heavy (non-hydrogen) atoms. The van der Waals surface area contributed by atoms with Crippen molar-refractivity contribution in [1.29, 1.82) is 0 Å². The van der Waals surface area contributed by atoms with E-state index in [2.05, 4.69) is 25.5 Å². The number of fused-ring (bicyclic) bond motifs is 1. The molecule has 18 heteroatoms. The van der Waals surface area contributed by atoms with E-state index in [1.54, 1.807) is 31.6 Å². The van der Waals surface area contributed by atoms with Crippen LogP contribution in [0.15, 0.2) is 30.6 Å². The lowest BCUT2D eigenvalue weighted by atomic mass is 9.25. The molecule has 1 N–H and O–H groups in total. The molecule has 0 aromatic carbocycles. The van der Waals surface area contributed by atoms with Crippen molar-refractivity contribution in [3.8, 4) is 11.5 Å². The summed E-state index contributed by atoms with van der Waals surface area (Å²) in [5.41, 5.74) is 0.483. The van der Waals surface area contributed by atoms with Gasteiger partial charge in [-0.25, -0.2) is 9.97 Å². The maximum atomic E-state index is 13.8. The number of rotatable bonds is 10. The fourth-order valence-corrected chi connectivity index (χ4v) is 4.40. The molecule has 0 bridgehead atoms. The normalized spacial score (nSPS) is 14.1. The summed E-state index contributed by atoms with van der Waals surface area (Å²) in [5.74, 6) is 0.512. The van der Waals surface area contributed by atoms with Crippen LogP contribution >= 0.6 is 0 Å². The fourth-order valence-electron chi connectivity index (χ4n) is 4.40. The largest absolute Gasteiger partial charge is 0.383 e. The number of nitrogens with one attached hydrogen (secondary N) is 1. The first-order valence-corrected chi connectivity index (χ1v) is 12.3. The lowest BCUT2D eigenvalue weighted by Gasteiger charge is -2.60. The first-order chi connectivity index (χ1) is 18.6. The molecule has 9 nitrogen and oxygen atoms in total. The van der Waals surface area contributed by atoms with Gasteiger partial charge < -0.3 is 14.8 Å². The minimum absolute atomic E-state index is 0.0708. The van der Waals surface area contributed by atoms with Gasteiger partial charge in [-0.2, -0.15) is 0 Å². The van der Waals surface area contributed by atoms with Crippen LogP contribution < -0.4 is 15.1 Å². The van der Waals surface area contributed by atoms with E-state index in [4.69, 9.17) is 70.6 Å². The topological polar surface area (TPSA) is 92.1 Å². The summed E-state index contributed by atoms with van der Waals surface area (Å²) in [6.07, 6.45) is 1.61. The number of hydrogen-bond acceptors (Lipinski definition) is 7. The summed E-state index contributed by atoms with van der Waals surface area (Å²) in [4.78, 5) is 25.6. The summed E-state index contributed by atoms with van der Waals surface area (Å²) in [6.45, 7) is 3.03. The zero-order valence-electron chi connectivity index (χ0n) is 22.3. The Hall–Kier alpha value is -2.75. The number of pyridine rings is 2. The number of anilines is 2. The summed E-state index contributed by atoms with van der Waals surface area (Å²) >= 11 is 0. The minimum atomic E-state index is -2.34. The first-order valence-electron chi connectivity index (χ1n) is 12.3. The van der Waals surface area contributed by atoms with Crippen molar-refractivity contribution in [2.75, 3.05) is 16.8 Å². The molecule has 3 aromatic rings. The van der Waals surface area contributed by atoms with Crippen molar-refractivity contribution in [3.05, 3.63) is 47.4 Å². The quantitative estimate of drug-likeness (QED) is 0.320. The van der Waals surface area contributed by atoms with Crippen LogP contribution in [0.25, 0.3) is 11.5 Å². The second-order valence-electron chi connectivity index (χ2n) is 9.70. The highest BCUT2D eigenvalue weighted by Crippen LogP contribution is 2.41. The number of aromatic nitrogens is 5. The summed E-state index contributed by atoms with van der Waals surface area (Å²) < 4.78 is 1.84. The van der Waals surface area contributed by atoms with Crippen LogP contribution in [0.4, 0.5) is 11.6 Å². The molecular formula is C22H19B9N8O. The van der Waals surface area contributed by atoms with Gasteiger partial charge in [0, 0.05) is 18.7 Å². The van der Waals surface area contributed by atoms with Crippen molar-refractivity contribution < 1.29 is 4.79 Å². The molecule has 0 aliphatic carbocycles. The highest BCUT2D eigenvalue weighted by molar-refractivity contribution is 6.68. The Morgan fingerprint density at radius 2 is 1.80 bits per heavy atom. The van der Waals surface area contributed by atoms with Crippen LogP contribution in [0, 0.1) is 0 Å². The smallest absolute Gasteiger partial charge is 0.260 e. The van der Waals surface area contributed by atoms with Gasteiger partial charge in [-0.05, 0) is 37.5 Å². The second-order valence-corrected chi connectivity index (χ2v) is 9.70. The Labute approximate surface area is 246 Å². The molecule has 4 rings (SSSR count). The molecule has 0 unspecified atom stereocenters. The van der Waals surface area contributed by atoms with Gasteiger partial charge in [0.25, 0.3) is 5.91 Å². The third-order valence-corrected chi connectivity index (χ3v) is 6.74. The molecule has 180 valence electrons. The molecular weight excluding hydrogens is 490 g/mol. The van der Waals surface area contributed by atoms with Crippen LogP contribution in [0.1, 0.15) is 28.5 Å². The predicted molar refractivity (Wildman–Crippen MR) is 163 cm³/mol. The van der Waals surface area contributed by atoms with E-state index in [9.17, 15) is 4.79 Å². The number of carbonyl (C=O) groups is 1. The lowest BCUT2D eigenvalue weighted by Crippen LogP contribution is -2.70. The zero-order valence-corrected chi connectivity index (χ0v) is 22.3. The van der Waals surface area contributed by atoms with Crippen molar-refractivity contribution in [1.82, 2.24) is 30.0 Å². The van der Waals surface area contributed by atoms with Crippen molar-refractivity contribution in [2.45, 2.75) is 48.1 Å². The van der Waals surface area contributed by atoms with Gasteiger partial charge in [0.1, 0.15) is 23.7 Å². The summed E-state index contributed by atoms with van der Waals surface area (Å²) in [5, 5.41) is 4.38. The molecule has 3 aromatic heterocycles. The van der Waals surface area contributed by atoms with Gasteiger partial charge in [-0.15, -0.1) is 21.0 Å². The highest BCUT2D eigenvalue weighted by atomic mass is 16.2. The van der Waals surface area contributed by atoms with Crippen molar-refractivity contribution >= 4 is 88.2 Å². The molecule has 0 atom stereocenters. The van der Waals surface area contributed by atoms with E-state index in [1.165, 1.54) is 11.0 Å². The molecule has 4 heterocycles. The van der Waals surface area contributed by atoms with E-state index in [1.807, 2.05) is 11.5 Å². The second kappa shape index (κ2) is 10.9. The Morgan fingerprint density at radius 3 is 2.40 bits per heavy atom. The van der Waals surface area contributed by atoms with Gasteiger partial charge in [0.05, 0.1) is 88.4 Å². The van der Waals surface area contributed by atoms with Crippen LogP contribution in [0.5, 0.6) is 0 Å². The van der Waals surface area contributed by atoms with E-state index in [-0.39, 0.29) is 30.4 Å². The average Bonchev–Trinajstić information content (AvgIpc) is 3.48. The van der Waals surface area contributed by atoms with Gasteiger partial charge in [-0.1, -0.05) is 11.4 Å². The third-order valence-electron chi connectivity index (χ3n) is 6.74. The van der Waals surface area contributed by atoms with Crippen molar-refractivity contribution in [3.63, 3.8) is 0 Å². The van der Waals surface area contributed by atoms with Crippen molar-refractivity contribution in [2.24, 2.45) is 0 Å². The molecule has 0 saturated heterocycles. The SMILES string of the molecule is [B]C([B])C([B])([B])N(c1cc2c(c(CNC)n1)CN(c1cccc(-c3nncn3CC)n1)C2=O)C([B])([B])C([B])([B])[B]. The minimum Gasteiger partial charge on any atom is -0.383 e. The van der Waals surface area contributed by atoms with Crippen LogP contribution in [-0.4, -0.2) is 119 Å². The molecule has 18 radical (unpaired) electrons. The molecule has 1 aliphatic rings. The number of hydrogen-bond donors (Lipinski definition) is 1. The van der Waals surface area contributed by atoms with Gasteiger partial charge in [0.15, 0.2) is 5.82 Å². The van der Waals surface area contributed by atoms with E-state index in [0.29, 0.717) is 35.1 Å². The first kappa shape index (κ1) is 30.2. The molecule has 1 amide bonds. The molecule has 0 spiro atoms. The van der Waals surface area contributed by atoms with E-state index >= 15 is 0 Å². The standard InChI is InChI=1S/C22H19B9N8O/c1-3-37-10-33-36-17(37)13-5-4-6-15(34-13)38-9-12-11(18(38)40)7-16(35-14(12)8-32-2)39(20(25,26)19(23)24)22(30,31)21(27,28)29/h4-7,10,19,32H,3,8-9H2,1-2H3.